The Hall–Kier alpha value is -0.950. The molecule has 0 heterocycles. The lowest BCUT2D eigenvalue weighted by Crippen LogP contribution is -2.05. The Morgan fingerprint density at radius 3 is 2.75 bits per heavy atom. The molecule has 1 rings (SSSR count). The van der Waals surface area contributed by atoms with Crippen molar-refractivity contribution < 1.29 is 4.74 Å². The molecule has 2 heteroatoms. The van der Waals surface area contributed by atoms with Gasteiger partial charge in [0.25, 0.3) is 0 Å². The number of hydrogen-bond acceptors (Lipinski definition) is 1. The number of rotatable bonds is 5. The van der Waals surface area contributed by atoms with E-state index in [2.05, 4.69) is 19.1 Å². The van der Waals surface area contributed by atoms with Crippen LogP contribution in [-0.2, 0) is 0 Å². The molecular formula is C14H19ClO. The lowest BCUT2D eigenvalue weighted by molar-refractivity contribution is 0.242. The molecule has 1 aromatic rings. The molecule has 0 fully saturated rings. The Kier molecular flexibility index (Phi) is 5.41. The lowest BCUT2D eigenvalue weighted by atomic mass is 10.1. The number of ether oxygens (including phenoxy) is 1. The van der Waals surface area contributed by atoms with Gasteiger partial charge in [-0.05, 0) is 38.0 Å². The third-order valence-electron chi connectivity index (χ3n) is 2.23. The van der Waals surface area contributed by atoms with E-state index in [0.717, 1.165) is 17.7 Å². The minimum Gasteiger partial charge on any atom is -0.491 e. The largest absolute Gasteiger partial charge is 0.491 e. The zero-order valence-electron chi connectivity index (χ0n) is 10.2. The van der Waals surface area contributed by atoms with Crippen LogP contribution in [0.15, 0.2) is 29.8 Å². The second-order valence-electron chi connectivity index (χ2n) is 4.03. The average Bonchev–Trinajstić information content (AvgIpc) is 2.25. The van der Waals surface area contributed by atoms with Gasteiger partial charge < -0.3 is 4.74 Å². The SMILES string of the molecule is CCC(=Cc1cccc(OC(C)C)c1)CCl. The fourth-order valence-corrected chi connectivity index (χ4v) is 1.69. The lowest BCUT2D eigenvalue weighted by Gasteiger charge is -2.10. The summed E-state index contributed by atoms with van der Waals surface area (Å²) in [4.78, 5) is 0. The molecule has 1 aromatic carbocycles. The quantitative estimate of drug-likeness (QED) is 0.686. The van der Waals surface area contributed by atoms with Gasteiger partial charge in [-0.3, -0.25) is 0 Å². The van der Waals surface area contributed by atoms with Crippen LogP contribution < -0.4 is 4.74 Å². The normalized spacial score (nSPS) is 11.9. The van der Waals surface area contributed by atoms with Crippen molar-refractivity contribution in [3.8, 4) is 5.75 Å². The van der Waals surface area contributed by atoms with E-state index in [0.29, 0.717) is 5.88 Å². The predicted octanol–water partition coefficient (Wildman–Crippen LogP) is 4.51. The van der Waals surface area contributed by atoms with Gasteiger partial charge in [0.1, 0.15) is 5.75 Å². The smallest absolute Gasteiger partial charge is 0.120 e. The molecule has 0 aliphatic rings. The highest BCUT2D eigenvalue weighted by atomic mass is 35.5. The highest BCUT2D eigenvalue weighted by molar-refractivity contribution is 6.19. The van der Waals surface area contributed by atoms with Gasteiger partial charge in [-0.2, -0.15) is 0 Å². The van der Waals surface area contributed by atoms with Gasteiger partial charge in [0.05, 0.1) is 6.10 Å². The summed E-state index contributed by atoms with van der Waals surface area (Å²) in [5.41, 5.74) is 2.39. The third-order valence-corrected chi connectivity index (χ3v) is 2.57. The van der Waals surface area contributed by atoms with E-state index >= 15 is 0 Å². The van der Waals surface area contributed by atoms with Crippen LogP contribution in [0.25, 0.3) is 6.08 Å². The zero-order chi connectivity index (χ0) is 12.0. The van der Waals surface area contributed by atoms with E-state index in [-0.39, 0.29) is 6.10 Å². The van der Waals surface area contributed by atoms with E-state index in [4.69, 9.17) is 16.3 Å². The van der Waals surface area contributed by atoms with Crippen LogP contribution in [0.1, 0.15) is 32.8 Å². The maximum atomic E-state index is 5.84. The molecule has 0 unspecified atom stereocenters. The van der Waals surface area contributed by atoms with E-state index in [1.807, 2.05) is 32.0 Å². The molecule has 0 aliphatic heterocycles. The average molecular weight is 239 g/mol. The van der Waals surface area contributed by atoms with E-state index < -0.39 is 0 Å². The maximum absolute atomic E-state index is 5.84. The first-order valence-electron chi connectivity index (χ1n) is 5.67. The maximum Gasteiger partial charge on any atom is 0.120 e. The molecule has 88 valence electrons. The molecule has 0 aliphatic carbocycles. The first kappa shape index (κ1) is 13.1. The first-order valence-corrected chi connectivity index (χ1v) is 6.21. The van der Waals surface area contributed by atoms with Crippen LogP contribution >= 0.6 is 11.6 Å². The molecule has 0 bridgehead atoms. The molecule has 0 radical (unpaired) electrons. The standard InChI is InChI=1S/C14H19ClO/c1-4-12(10-15)8-13-6-5-7-14(9-13)16-11(2)3/h5-9,11H,4,10H2,1-3H3. The fraction of sp³-hybridized carbons (Fsp3) is 0.429. The summed E-state index contributed by atoms with van der Waals surface area (Å²) in [5.74, 6) is 1.50. The summed E-state index contributed by atoms with van der Waals surface area (Å²) in [6.07, 6.45) is 3.32. The third kappa shape index (κ3) is 4.28. The number of allylic oxidation sites excluding steroid dienone is 1. The van der Waals surface area contributed by atoms with Crippen molar-refractivity contribution in [3.05, 3.63) is 35.4 Å². The van der Waals surface area contributed by atoms with Crippen LogP contribution in [0.2, 0.25) is 0 Å². The first-order chi connectivity index (χ1) is 7.65. The van der Waals surface area contributed by atoms with Crippen LogP contribution in [-0.4, -0.2) is 12.0 Å². The van der Waals surface area contributed by atoms with Crippen LogP contribution in [0.4, 0.5) is 0 Å². The van der Waals surface area contributed by atoms with Crippen molar-refractivity contribution in [2.45, 2.75) is 33.3 Å². The second kappa shape index (κ2) is 6.59. The van der Waals surface area contributed by atoms with Gasteiger partial charge in [0.2, 0.25) is 0 Å². The summed E-state index contributed by atoms with van der Waals surface area (Å²) >= 11 is 5.84. The molecule has 0 aromatic heterocycles. The minimum atomic E-state index is 0.206. The van der Waals surface area contributed by atoms with Crippen molar-refractivity contribution in [1.82, 2.24) is 0 Å². The second-order valence-corrected chi connectivity index (χ2v) is 4.30. The van der Waals surface area contributed by atoms with Gasteiger partial charge >= 0.3 is 0 Å². The van der Waals surface area contributed by atoms with Crippen molar-refractivity contribution >= 4 is 17.7 Å². The van der Waals surface area contributed by atoms with Gasteiger partial charge in [-0.15, -0.1) is 11.6 Å². The van der Waals surface area contributed by atoms with Crippen LogP contribution in [0.5, 0.6) is 5.75 Å². The van der Waals surface area contributed by atoms with Crippen molar-refractivity contribution in [2.75, 3.05) is 5.88 Å². The minimum absolute atomic E-state index is 0.206. The molecule has 0 saturated heterocycles. The van der Waals surface area contributed by atoms with E-state index in [1.54, 1.807) is 0 Å². The summed E-state index contributed by atoms with van der Waals surface area (Å²) < 4.78 is 5.64. The molecule has 0 saturated carbocycles. The molecule has 0 N–H and O–H groups in total. The summed E-state index contributed by atoms with van der Waals surface area (Å²) in [7, 11) is 0. The highest BCUT2D eigenvalue weighted by Gasteiger charge is 1.99. The fourth-order valence-electron chi connectivity index (χ4n) is 1.42. The number of benzene rings is 1. The molecule has 0 spiro atoms. The molecule has 16 heavy (non-hydrogen) atoms. The molecule has 1 nitrogen and oxygen atoms in total. The number of halogens is 1. The summed E-state index contributed by atoms with van der Waals surface area (Å²) in [6, 6.07) is 8.09. The van der Waals surface area contributed by atoms with E-state index in [1.165, 1.54) is 5.57 Å². The van der Waals surface area contributed by atoms with Crippen molar-refractivity contribution in [1.29, 1.82) is 0 Å². The van der Waals surface area contributed by atoms with Gasteiger partial charge in [-0.25, -0.2) is 0 Å². The topological polar surface area (TPSA) is 9.23 Å². The Labute approximate surface area is 103 Å². The monoisotopic (exact) mass is 238 g/mol. The Bertz CT molecular complexity index is 350. The highest BCUT2D eigenvalue weighted by Crippen LogP contribution is 2.18. The number of alkyl halides is 1. The predicted molar refractivity (Wildman–Crippen MR) is 71.2 cm³/mol. The Morgan fingerprint density at radius 2 is 2.19 bits per heavy atom. The van der Waals surface area contributed by atoms with Gasteiger partial charge in [0, 0.05) is 5.88 Å². The molecule has 0 atom stereocenters. The number of hydrogen-bond donors (Lipinski definition) is 0. The van der Waals surface area contributed by atoms with Crippen molar-refractivity contribution in [3.63, 3.8) is 0 Å². The van der Waals surface area contributed by atoms with Gasteiger partial charge in [-0.1, -0.05) is 30.7 Å². The van der Waals surface area contributed by atoms with Gasteiger partial charge in [0.15, 0.2) is 0 Å². The van der Waals surface area contributed by atoms with Crippen molar-refractivity contribution in [2.24, 2.45) is 0 Å². The molecule has 0 amide bonds. The van der Waals surface area contributed by atoms with Crippen LogP contribution in [0.3, 0.4) is 0 Å². The van der Waals surface area contributed by atoms with Crippen LogP contribution in [0, 0.1) is 0 Å². The zero-order valence-corrected chi connectivity index (χ0v) is 10.9. The summed E-state index contributed by atoms with van der Waals surface area (Å²) in [6.45, 7) is 6.17. The Balaban J connectivity index is 2.85. The summed E-state index contributed by atoms with van der Waals surface area (Å²) in [5, 5.41) is 0. The Morgan fingerprint density at radius 1 is 1.44 bits per heavy atom. The molecular weight excluding hydrogens is 220 g/mol. The van der Waals surface area contributed by atoms with E-state index in [9.17, 15) is 0 Å².